The molecule has 1 aromatic heterocycles. The Balaban J connectivity index is 1.42. The van der Waals surface area contributed by atoms with E-state index in [9.17, 15) is 4.79 Å². The van der Waals surface area contributed by atoms with Crippen molar-refractivity contribution in [3.63, 3.8) is 0 Å². The Kier molecular flexibility index (Phi) is 7.93. The van der Waals surface area contributed by atoms with Crippen LogP contribution in [0.25, 0.3) is 0 Å². The summed E-state index contributed by atoms with van der Waals surface area (Å²) in [6, 6.07) is 12.7. The third-order valence-corrected chi connectivity index (χ3v) is 5.98. The third kappa shape index (κ3) is 6.49. The predicted molar refractivity (Wildman–Crippen MR) is 123 cm³/mol. The van der Waals surface area contributed by atoms with Gasteiger partial charge in [0.2, 0.25) is 5.91 Å². The van der Waals surface area contributed by atoms with E-state index in [1.54, 1.807) is 0 Å². The first-order chi connectivity index (χ1) is 14.2. The van der Waals surface area contributed by atoms with Crippen molar-refractivity contribution in [3.05, 3.63) is 47.3 Å². The topological polar surface area (TPSA) is 68.8 Å². The van der Waals surface area contributed by atoms with Gasteiger partial charge in [-0.25, -0.2) is 0 Å². The first-order valence-electron chi connectivity index (χ1n) is 10.3. The zero-order valence-corrected chi connectivity index (χ0v) is 18.1. The fourth-order valence-electron chi connectivity index (χ4n) is 3.42. The van der Waals surface area contributed by atoms with E-state index in [1.807, 2.05) is 49.6 Å². The first-order valence-corrected chi connectivity index (χ1v) is 11.2. The molecule has 0 aliphatic carbocycles. The van der Waals surface area contributed by atoms with Crippen LogP contribution in [0, 0.1) is 0 Å². The minimum absolute atomic E-state index is 0.0631. The minimum Gasteiger partial charge on any atom is -0.363 e. The molecule has 1 amide bonds. The van der Waals surface area contributed by atoms with Crippen LogP contribution in [0.5, 0.6) is 0 Å². The van der Waals surface area contributed by atoms with Crippen molar-refractivity contribution in [2.75, 3.05) is 30.4 Å². The number of thiophene rings is 1. The summed E-state index contributed by atoms with van der Waals surface area (Å²) in [7, 11) is 1.81. The third-order valence-electron chi connectivity index (χ3n) is 5.05. The molecule has 1 saturated heterocycles. The van der Waals surface area contributed by atoms with Crippen molar-refractivity contribution in [2.24, 2.45) is 4.99 Å². The fraction of sp³-hybridized carbons (Fsp3) is 0.455. The second kappa shape index (κ2) is 10.9. The largest absolute Gasteiger partial charge is 0.363 e. The van der Waals surface area contributed by atoms with Crippen LogP contribution in [0.4, 0.5) is 10.7 Å². The number of benzene rings is 1. The van der Waals surface area contributed by atoms with Crippen molar-refractivity contribution in [1.29, 1.82) is 0 Å². The summed E-state index contributed by atoms with van der Waals surface area (Å²) in [4.78, 5) is 18.5. The molecule has 0 atom stereocenters. The highest BCUT2D eigenvalue weighted by Gasteiger charge is 2.20. The molecule has 1 aromatic carbocycles. The molecule has 1 aliphatic heterocycles. The monoisotopic (exact) mass is 413 g/mol. The van der Waals surface area contributed by atoms with Crippen LogP contribution < -0.4 is 20.9 Å². The number of hydrogen-bond acceptors (Lipinski definition) is 4. The van der Waals surface area contributed by atoms with E-state index < -0.39 is 0 Å². The number of aliphatic imine (C=N–C) groups is 1. The van der Waals surface area contributed by atoms with E-state index in [-0.39, 0.29) is 5.91 Å². The molecule has 0 unspecified atom stereocenters. The van der Waals surface area contributed by atoms with Gasteiger partial charge in [-0.05, 0) is 54.5 Å². The number of piperidine rings is 1. The molecule has 29 heavy (non-hydrogen) atoms. The molecule has 156 valence electrons. The zero-order chi connectivity index (χ0) is 20.5. The number of guanidine groups is 1. The molecule has 2 aromatic rings. The fourth-order valence-corrected chi connectivity index (χ4v) is 4.21. The predicted octanol–water partition coefficient (Wildman–Crippen LogP) is 3.82. The lowest BCUT2D eigenvalue weighted by atomic mass is 10.1. The van der Waals surface area contributed by atoms with Crippen molar-refractivity contribution in [1.82, 2.24) is 10.6 Å². The van der Waals surface area contributed by atoms with Crippen molar-refractivity contribution in [2.45, 2.75) is 45.2 Å². The van der Waals surface area contributed by atoms with Gasteiger partial charge in [0.25, 0.3) is 0 Å². The number of carbonyl (C=O) groups is 1. The molecule has 6 nitrogen and oxygen atoms in total. The van der Waals surface area contributed by atoms with Gasteiger partial charge in [-0.1, -0.05) is 19.1 Å². The number of rotatable bonds is 7. The normalized spacial score (nSPS) is 15.2. The van der Waals surface area contributed by atoms with Crippen LogP contribution in [0.2, 0.25) is 0 Å². The highest BCUT2D eigenvalue weighted by molar-refractivity contribution is 7.14. The second-order valence-electron chi connectivity index (χ2n) is 7.28. The lowest BCUT2D eigenvalue weighted by molar-refractivity contribution is -0.116. The van der Waals surface area contributed by atoms with Gasteiger partial charge in [-0.15, -0.1) is 11.3 Å². The summed E-state index contributed by atoms with van der Waals surface area (Å²) in [5.41, 5.74) is 1.99. The van der Waals surface area contributed by atoms with Crippen LogP contribution in [0.1, 0.15) is 38.2 Å². The second-order valence-corrected chi connectivity index (χ2v) is 8.20. The van der Waals surface area contributed by atoms with Gasteiger partial charge in [-0.2, -0.15) is 0 Å². The molecule has 3 N–H and O–H groups in total. The van der Waals surface area contributed by atoms with Crippen LogP contribution >= 0.6 is 11.3 Å². The molecule has 2 heterocycles. The Morgan fingerprint density at radius 3 is 2.59 bits per heavy atom. The highest BCUT2D eigenvalue weighted by atomic mass is 32.1. The standard InChI is InChI=1S/C22H31N5OS/c1-3-5-20(28)25-18-9-7-17(8-10-18)16-24-22(23-2)26-19-11-13-27(14-12-19)21-6-4-15-29-21/h4,6-10,15,19H,3,5,11-14,16H2,1-2H3,(H,25,28)(H2,23,24,26). The van der Waals surface area contributed by atoms with E-state index in [1.165, 1.54) is 5.00 Å². The Bertz CT molecular complexity index is 780. The van der Waals surface area contributed by atoms with Crippen molar-refractivity contribution >= 4 is 33.9 Å². The maximum atomic E-state index is 11.7. The molecular formula is C22H31N5OS. The summed E-state index contributed by atoms with van der Waals surface area (Å²) in [6.45, 7) is 4.83. The lowest BCUT2D eigenvalue weighted by Crippen LogP contribution is -2.48. The number of amides is 1. The van der Waals surface area contributed by atoms with Crippen molar-refractivity contribution in [3.8, 4) is 0 Å². The van der Waals surface area contributed by atoms with Gasteiger partial charge in [0.05, 0.1) is 5.00 Å². The van der Waals surface area contributed by atoms with E-state index in [0.29, 0.717) is 19.0 Å². The van der Waals surface area contributed by atoms with Crippen LogP contribution in [-0.2, 0) is 11.3 Å². The molecule has 0 bridgehead atoms. The molecule has 0 radical (unpaired) electrons. The van der Waals surface area contributed by atoms with Gasteiger partial charge >= 0.3 is 0 Å². The maximum absolute atomic E-state index is 11.7. The van der Waals surface area contributed by atoms with E-state index in [2.05, 4.69) is 43.4 Å². The van der Waals surface area contributed by atoms with Gasteiger partial charge < -0.3 is 20.9 Å². The molecule has 7 heteroatoms. The molecule has 3 rings (SSSR count). The van der Waals surface area contributed by atoms with E-state index >= 15 is 0 Å². The van der Waals surface area contributed by atoms with Gasteiger partial charge in [0.15, 0.2) is 5.96 Å². The van der Waals surface area contributed by atoms with Gasteiger partial charge in [0.1, 0.15) is 0 Å². The van der Waals surface area contributed by atoms with Crippen LogP contribution in [0.3, 0.4) is 0 Å². The first kappa shape index (κ1) is 21.2. The van der Waals surface area contributed by atoms with Crippen molar-refractivity contribution < 1.29 is 4.79 Å². The molecule has 0 spiro atoms. The Morgan fingerprint density at radius 1 is 1.21 bits per heavy atom. The number of nitrogens with zero attached hydrogens (tertiary/aromatic N) is 2. The average Bonchev–Trinajstić information content (AvgIpc) is 3.28. The van der Waals surface area contributed by atoms with E-state index in [0.717, 1.165) is 49.6 Å². The lowest BCUT2D eigenvalue weighted by Gasteiger charge is -2.33. The minimum atomic E-state index is 0.0631. The summed E-state index contributed by atoms with van der Waals surface area (Å²) in [5.74, 6) is 0.896. The SMILES string of the molecule is CCCC(=O)Nc1ccc(CNC(=NC)NC2CCN(c3cccs3)CC2)cc1. The summed E-state index contributed by atoms with van der Waals surface area (Å²) < 4.78 is 0. The number of carbonyl (C=O) groups excluding carboxylic acids is 1. The molecule has 1 fully saturated rings. The zero-order valence-electron chi connectivity index (χ0n) is 17.3. The Morgan fingerprint density at radius 2 is 1.97 bits per heavy atom. The molecule has 0 saturated carbocycles. The Hall–Kier alpha value is -2.54. The summed E-state index contributed by atoms with van der Waals surface area (Å²) in [6.07, 6.45) is 3.61. The van der Waals surface area contributed by atoms with Crippen LogP contribution in [-0.4, -0.2) is 38.0 Å². The summed E-state index contributed by atoms with van der Waals surface area (Å²) >= 11 is 1.81. The Labute approximate surface area is 177 Å². The van der Waals surface area contributed by atoms with Gasteiger partial charge in [-0.3, -0.25) is 9.79 Å². The van der Waals surface area contributed by atoms with Crippen LogP contribution in [0.15, 0.2) is 46.8 Å². The smallest absolute Gasteiger partial charge is 0.224 e. The average molecular weight is 414 g/mol. The highest BCUT2D eigenvalue weighted by Crippen LogP contribution is 2.24. The number of nitrogens with one attached hydrogen (secondary N) is 3. The maximum Gasteiger partial charge on any atom is 0.224 e. The number of anilines is 2. The quantitative estimate of drug-likeness (QED) is 0.477. The molecular weight excluding hydrogens is 382 g/mol. The molecule has 1 aliphatic rings. The number of hydrogen-bond donors (Lipinski definition) is 3. The summed E-state index contributed by atoms with van der Waals surface area (Å²) in [5, 5.41) is 13.4. The van der Waals surface area contributed by atoms with Gasteiger partial charge in [0, 0.05) is 44.8 Å². The van der Waals surface area contributed by atoms with E-state index in [4.69, 9.17) is 0 Å².